The minimum Gasteiger partial charge on any atom is -0.335 e. The standard InChI is InChI=1S/C11H11Cl3N2O/c12-6-4-8(13)10(9(14)5-6)16-11(17)15-7-2-1-3-7/h4-5,7H,1-3H2,(H2,15,16,17). The molecule has 3 nitrogen and oxygen atoms in total. The normalized spacial score (nSPS) is 15.2. The fraction of sp³-hybridized carbons (Fsp3) is 0.364. The third-order valence-electron chi connectivity index (χ3n) is 2.69. The Morgan fingerprint density at radius 2 is 1.76 bits per heavy atom. The molecule has 0 radical (unpaired) electrons. The second kappa shape index (κ2) is 5.34. The van der Waals surface area contributed by atoms with Crippen LogP contribution in [-0.2, 0) is 0 Å². The second-order valence-electron chi connectivity index (χ2n) is 3.97. The maximum Gasteiger partial charge on any atom is 0.319 e. The van der Waals surface area contributed by atoms with Crippen molar-refractivity contribution in [3.63, 3.8) is 0 Å². The van der Waals surface area contributed by atoms with Crippen molar-refractivity contribution in [1.29, 1.82) is 0 Å². The van der Waals surface area contributed by atoms with Gasteiger partial charge < -0.3 is 10.6 Å². The van der Waals surface area contributed by atoms with E-state index in [1.54, 1.807) is 0 Å². The van der Waals surface area contributed by atoms with E-state index in [0.29, 0.717) is 20.8 Å². The first-order valence-electron chi connectivity index (χ1n) is 5.28. The molecule has 6 heteroatoms. The highest BCUT2D eigenvalue weighted by molar-refractivity contribution is 6.42. The van der Waals surface area contributed by atoms with Gasteiger partial charge in [0.25, 0.3) is 0 Å². The lowest BCUT2D eigenvalue weighted by Gasteiger charge is -2.26. The Bertz CT molecular complexity index is 423. The van der Waals surface area contributed by atoms with Gasteiger partial charge in [-0.1, -0.05) is 34.8 Å². The molecule has 1 saturated carbocycles. The summed E-state index contributed by atoms with van der Waals surface area (Å²) in [5.74, 6) is 0. The summed E-state index contributed by atoms with van der Waals surface area (Å²) < 4.78 is 0. The molecule has 0 atom stereocenters. The van der Waals surface area contributed by atoms with Gasteiger partial charge in [0.1, 0.15) is 0 Å². The first kappa shape index (κ1) is 12.8. The SMILES string of the molecule is O=C(Nc1c(Cl)cc(Cl)cc1Cl)NC1CCC1. The van der Waals surface area contributed by atoms with Gasteiger partial charge in [-0.15, -0.1) is 0 Å². The first-order valence-corrected chi connectivity index (χ1v) is 6.41. The predicted octanol–water partition coefficient (Wildman–Crippen LogP) is 4.32. The average Bonchev–Trinajstić information content (AvgIpc) is 2.17. The zero-order valence-electron chi connectivity index (χ0n) is 8.90. The van der Waals surface area contributed by atoms with Gasteiger partial charge in [-0.2, -0.15) is 0 Å². The first-order chi connectivity index (χ1) is 8.06. The van der Waals surface area contributed by atoms with Crippen LogP contribution in [0.1, 0.15) is 19.3 Å². The molecule has 2 amide bonds. The van der Waals surface area contributed by atoms with Crippen LogP contribution in [-0.4, -0.2) is 12.1 Å². The van der Waals surface area contributed by atoms with Crippen LogP contribution in [0.5, 0.6) is 0 Å². The van der Waals surface area contributed by atoms with Gasteiger partial charge in [0, 0.05) is 11.1 Å². The summed E-state index contributed by atoms with van der Waals surface area (Å²) >= 11 is 17.7. The zero-order chi connectivity index (χ0) is 12.4. The highest BCUT2D eigenvalue weighted by atomic mass is 35.5. The minimum atomic E-state index is -0.291. The maximum absolute atomic E-state index is 11.6. The lowest BCUT2D eigenvalue weighted by atomic mass is 9.93. The van der Waals surface area contributed by atoms with Crippen LogP contribution in [0, 0.1) is 0 Å². The van der Waals surface area contributed by atoms with Crippen molar-refractivity contribution in [2.75, 3.05) is 5.32 Å². The molecule has 0 heterocycles. The lowest BCUT2D eigenvalue weighted by molar-refractivity contribution is 0.240. The summed E-state index contributed by atoms with van der Waals surface area (Å²) in [5, 5.41) is 6.55. The second-order valence-corrected chi connectivity index (χ2v) is 5.22. The summed E-state index contributed by atoms with van der Waals surface area (Å²) in [6.07, 6.45) is 3.21. The maximum atomic E-state index is 11.6. The van der Waals surface area contributed by atoms with Crippen LogP contribution in [0.25, 0.3) is 0 Å². The number of anilines is 1. The Labute approximate surface area is 114 Å². The quantitative estimate of drug-likeness (QED) is 0.837. The number of carbonyl (C=O) groups is 1. The number of carbonyl (C=O) groups excluding carboxylic acids is 1. The predicted molar refractivity (Wildman–Crippen MR) is 71.3 cm³/mol. The average molecular weight is 294 g/mol. The van der Waals surface area contributed by atoms with Crippen molar-refractivity contribution in [1.82, 2.24) is 5.32 Å². The molecule has 1 aromatic carbocycles. The molecule has 2 rings (SSSR count). The molecule has 0 spiro atoms. The Balaban J connectivity index is 2.04. The highest BCUT2D eigenvalue weighted by Crippen LogP contribution is 2.33. The summed E-state index contributed by atoms with van der Waals surface area (Å²) in [4.78, 5) is 11.6. The van der Waals surface area contributed by atoms with E-state index in [-0.39, 0.29) is 12.1 Å². The van der Waals surface area contributed by atoms with Gasteiger partial charge in [-0.3, -0.25) is 0 Å². The van der Waals surface area contributed by atoms with E-state index >= 15 is 0 Å². The number of hydrogen-bond acceptors (Lipinski definition) is 1. The largest absolute Gasteiger partial charge is 0.335 e. The van der Waals surface area contributed by atoms with Gasteiger partial charge >= 0.3 is 6.03 Å². The molecule has 1 fully saturated rings. The number of halogens is 3. The number of amides is 2. The van der Waals surface area contributed by atoms with Crippen LogP contribution >= 0.6 is 34.8 Å². The molecule has 1 aliphatic carbocycles. The van der Waals surface area contributed by atoms with Crippen LogP contribution in [0.3, 0.4) is 0 Å². The van der Waals surface area contributed by atoms with Crippen molar-refractivity contribution in [2.24, 2.45) is 0 Å². The summed E-state index contributed by atoms with van der Waals surface area (Å²) in [6.45, 7) is 0. The molecule has 0 saturated heterocycles. The topological polar surface area (TPSA) is 41.1 Å². The smallest absolute Gasteiger partial charge is 0.319 e. The van der Waals surface area contributed by atoms with Crippen molar-refractivity contribution in [3.05, 3.63) is 27.2 Å². The van der Waals surface area contributed by atoms with Crippen LogP contribution in [0.15, 0.2) is 12.1 Å². The summed E-state index contributed by atoms with van der Waals surface area (Å²) in [5.41, 5.74) is 0.384. The van der Waals surface area contributed by atoms with Crippen molar-refractivity contribution in [3.8, 4) is 0 Å². The molecular formula is C11H11Cl3N2O. The van der Waals surface area contributed by atoms with Crippen molar-refractivity contribution < 1.29 is 4.79 Å². The van der Waals surface area contributed by atoms with Crippen LogP contribution in [0.4, 0.5) is 10.5 Å². The van der Waals surface area contributed by atoms with E-state index in [2.05, 4.69) is 10.6 Å². The van der Waals surface area contributed by atoms with Crippen molar-refractivity contribution >= 4 is 46.5 Å². The fourth-order valence-corrected chi connectivity index (χ4v) is 2.46. The number of rotatable bonds is 2. The van der Waals surface area contributed by atoms with Crippen molar-refractivity contribution in [2.45, 2.75) is 25.3 Å². The van der Waals surface area contributed by atoms with E-state index in [1.807, 2.05) is 0 Å². The number of urea groups is 1. The molecule has 0 aromatic heterocycles. The fourth-order valence-electron chi connectivity index (χ4n) is 1.55. The minimum absolute atomic E-state index is 0.264. The van der Waals surface area contributed by atoms with Gasteiger partial charge in [-0.05, 0) is 31.4 Å². The van der Waals surface area contributed by atoms with E-state index in [1.165, 1.54) is 12.1 Å². The molecule has 0 unspecified atom stereocenters. The molecule has 0 bridgehead atoms. The van der Waals surface area contributed by atoms with Gasteiger partial charge in [0.15, 0.2) is 0 Å². The van der Waals surface area contributed by atoms with Crippen LogP contribution < -0.4 is 10.6 Å². The van der Waals surface area contributed by atoms with E-state index in [4.69, 9.17) is 34.8 Å². The Morgan fingerprint density at radius 3 is 2.24 bits per heavy atom. The van der Waals surface area contributed by atoms with Gasteiger partial charge in [-0.25, -0.2) is 4.79 Å². The number of nitrogens with one attached hydrogen (secondary N) is 2. The molecule has 2 N–H and O–H groups in total. The number of benzene rings is 1. The highest BCUT2D eigenvalue weighted by Gasteiger charge is 2.20. The Morgan fingerprint density at radius 1 is 1.18 bits per heavy atom. The van der Waals surface area contributed by atoms with Crippen LogP contribution in [0.2, 0.25) is 15.1 Å². The molecule has 17 heavy (non-hydrogen) atoms. The van der Waals surface area contributed by atoms with E-state index in [9.17, 15) is 4.79 Å². The van der Waals surface area contributed by atoms with E-state index < -0.39 is 0 Å². The molecule has 0 aliphatic heterocycles. The molecule has 1 aromatic rings. The lowest BCUT2D eigenvalue weighted by Crippen LogP contribution is -2.41. The van der Waals surface area contributed by atoms with Gasteiger partial charge in [0.05, 0.1) is 15.7 Å². The Kier molecular flexibility index (Phi) is 4.02. The van der Waals surface area contributed by atoms with Gasteiger partial charge in [0.2, 0.25) is 0 Å². The summed E-state index contributed by atoms with van der Waals surface area (Å²) in [7, 11) is 0. The summed E-state index contributed by atoms with van der Waals surface area (Å²) in [6, 6.07) is 3.04. The third-order valence-corrected chi connectivity index (χ3v) is 3.50. The third kappa shape index (κ3) is 3.18. The molecule has 92 valence electrons. The number of hydrogen-bond donors (Lipinski definition) is 2. The monoisotopic (exact) mass is 292 g/mol. The van der Waals surface area contributed by atoms with E-state index in [0.717, 1.165) is 19.3 Å². The Hall–Kier alpha value is -0.640. The zero-order valence-corrected chi connectivity index (χ0v) is 11.2. The molecular weight excluding hydrogens is 282 g/mol. The molecule has 1 aliphatic rings.